The summed E-state index contributed by atoms with van der Waals surface area (Å²) in [7, 11) is 0. The van der Waals surface area contributed by atoms with Gasteiger partial charge in [-0.1, -0.05) is 39.7 Å². The van der Waals surface area contributed by atoms with Gasteiger partial charge in [0.15, 0.2) is 11.5 Å². The highest BCUT2D eigenvalue weighted by atomic mass is 79.9. The van der Waals surface area contributed by atoms with Crippen LogP contribution in [-0.2, 0) is 11.3 Å². The summed E-state index contributed by atoms with van der Waals surface area (Å²) in [6.45, 7) is 0.210. The zero-order valence-corrected chi connectivity index (χ0v) is 16.4. The lowest BCUT2D eigenvalue weighted by Crippen LogP contribution is -2.27. The molecule has 0 unspecified atom stereocenters. The fourth-order valence-electron chi connectivity index (χ4n) is 2.63. The Balaban J connectivity index is 1.59. The zero-order valence-electron chi connectivity index (χ0n) is 13.2. The minimum absolute atomic E-state index is 0.0793. The van der Waals surface area contributed by atoms with Crippen LogP contribution >= 0.6 is 39.3 Å². The van der Waals surface area contributed by atoms with Crippen molar-refractivity contribution in [2.24, 2.45) is 0 Å². The maximum absolute atomic E-state index is 12.7. The highest BCUT2D eigenvalue weighted by Gasteiger charge is 2.35. The van der Waals surface area contributed by atoms with Gasteiger partial charge in [0.25, 0.3) is 11.1 Å². The van der Waals surface area contributed by atoms with E-state index >= 15 is 0 Å². The van der Waals surface area contributed by atoms with Crippen molar-refractivity contribution in [3.63, 3.8) is 0 Å². The number of hydrogen-bond donors (Lipinski definition) is 0. The number of halogens is 2. The third-order valence-electron chi connectivity index (χ3n) is 3.89. The van der Waals surface area contributed by atoms with Crippen LogP contribution in [0.4, 0.5) is 4.79 Å². The summed E-state index contributed by atoms with van der Waals surface area (Å²) in [6.07, 6.45) is 1.71. The Hall–Kier alpha value is -1.96. The molecule has 0 N–H and O–H groups in total. The molecule has 0 saturated carbocycles. The van der Waals surface area contributed by atoms with E-state index in [2.05, 4.69) is 15.9 Å². The van der Waals surface area contributed by atoms with Crippen LogP contribution in [0.1, 0.15) is 11.1 Å². The molecule has 2 amide bonds. The van der Waals surface area contributed by atoms with Crippen molar-refractivity contribution >= 4 is 56.5 Å². The van der Waals surface area contributed by atoms with Crippen LogP contribution in [0.2, 0.25) is 5.02 Å². The molecule has 8 heteroatoms. The number of benzene rings is 2. The SMILES string of the molecule is O=C1S/C(=C/c2cccc(Br)c2)C(=O)N1Cc1cc2c(cc1Cl)OCO2. The van der Waals surface area contributed by atoms with E-state index in [1.54, 1.807) is 18.2 Å². The molecule has 1 saturated heterocycles. The van der Waals surface area contributed by atoms with Crippen molar-refractivity contribution in [1.82, 2.24) is 4.90 Å². The second-order valence-electron chi connectivity index (χ2n) is 5.62. The van der Waals surface area contributed by atoms with Gasteiger partial charge in [-0.2, -0.15) is 0 Å². The molecule has 2 heterocycles. The molecule has 0 aromatic heterocycles. The van der Waals surface area contributed by atoms with E-state index in [4.69, 9.17) is 21.1 Å². The Labute approximate surface area is 167 Å². The summed E-state index contributed by atoms with van der Waals surface area (Å²) in [5, 5.41) is 0.0919. The van der Waals surface area contributed by atoms with Crippen LogP contribution in [0.3, 0.4) is 0 Å². The largest absolute Gasteiger partial charge is 0.454 e. The molecule has 0 radical (unpaired) electrons. The van der Waals surface area contributed by atoms with Gasteiger partial charge in [0.1, 0.15) is 0 Å². The van der Waals surface area contributed by atoms with E-state index in [0.29, 0.717) is 27.0 Å². The molecule has 26 heavy (non-hydrogen) atoms. The Morgan fingerprint density at radius 1 is 1.19 bits per heavy atom. The summed E-state index contributed by atoms with van der Waals surface area (Å²) in [4.78, 5) is 26.5. The second-order valence-corrected chi connectivity index (χ2v) is 7.94. The van der Waals surface area contributed by atoms with Crippen molar-refractivity contribution < 1.29 is 19.1 Å². The van der Waals surface area contributed by atoms with E-state index in [-0.39, 0.29) is 24.5 Å². The summed E-state index contributed by atoms with van der Waals surface area (Å²) in [5.74, 6) is 0.775. The van der Waals surface area contributed by atoms with Crippen molar-refractivity contribution in [2.45, 2.75) is 6.54 Å². The third kappa shape index (κ3) is 3.34. The first kappa shape index (κ1) is 17.5. The van der Waals surface area contributed by atoms with Crippen LogP contribution in [-0.4, -0.2) is 22.8 Å². The summed E-state index contributed by atoms with van der Waals surface area (Å²) in [5.41, 5.74) is 1.47. The monoisotopic (exact) mass is 451 g/mol. The highest BCUT2D eigenvalue weighted by Crippen LogP contribution is 2.39. The standard InChI is InChI=1S/C18H11BrClNO4S/c19-12-3-1-2-10(4-12)5-16-17(22)21(18(23)26-16)8-11-6-14-15(7-13(11)20)25-9-24-14/h1-7H,8-9H2/b16-5+. The summed E-state index contributed by atoms with van der Waals surface area (Å²) < 4.78 is 11.5. The number of nitrogens with zero attached hydrogens (tertiary/aromatic N) is 1. The van der Waals surface area contributed by atoms with Gasteiger partial charge in [0, 0.05) is 15.6 Å². The fraction of sp³-hybridized carbons (Fsp3) is 0.111. The quantitative estimate of drug-likeness (QED) is 0.609. The lowest BCUT2D eigenvalue weighted by Gasteiger charge is -2.14. The number of imide groups is 1. The fourth-order valence-corrected chi connectivity index (χ4v) is 4.10. The number of fused-ring (bicyclic) bond motifs is 1. The predicted molar refractivity (Wildman–Crippen MR) is 103 cm³/mol. The van der Waals surface area contributed by atoms with Gasteiger partial charge in [-0.3, -0.25) is 14.5 Å². The molecule has 2 aromatic rings. The number of amides is 2. The average Bonchev–Trinajstić information content (AvgIpc) is 3.14. The van der Waals surface area contributed by atoms with E-state index in [9.17, 15) is 9.59 Å². The van der Waals surface area contributed by atoms with Gasteiger partial charge in [-0.05, 0) is 47.2 Å². The topological polar surface area (TPSA) is 55.8 Å². The van der Waals surface area contributed by atoms with Crippen LogP contribution in [0.15, 0.2) is 45.8 Å². The van der Waals surface area contributed by atoms with Crippen molar-refractivity contribution in [3.8, 4) is 11.5 Å². The Bertz CT molecular complexity index is 962. The lowest BCUT2D eigenvalue weighted by atomic mass is 10.1. The van der Waals surface area contributed by atoms with E-state index in [0.717, 1.165) is 21.8 Å². The lowest BCUT2D eigenvalue weighted by molar-refractivity contribution is -0.123. The first-order valence-electron chi connectivity index (χ1n) is 7.60. The van der Waals surface area contributed by atoms with Gasteiger partial charge in [-0.25, -0.2) is 0 Å². The zero-order chi connectivity index (χ0) is 18.3. The molecule has 2 aromatic carbocycles. The minimum Gasteiger partial charge on any atom is -0.454 e. The molecule has 2 aliphatic rings. The van der Waals surface area contributed by atoms with E-state index in [1.165, 1.54) is 4.90 Å². The average molecular weight is 453 g/mol. The van der Waals surface area contributed by atoms with Gasteiger partial charge in [0.2, 0.25) is 6.79 Å². The molecule has 0 aliphatic carbocycles. The smallest absolute Gasteiger partial charge is 0.293 e. The Kier molecular flexibility index (Phi) is 4.69. The molecule has 5 nitrogen and oxygen atoms in total. The first-order valence-corrected chi connectivity index (χ1v) is 9.59. The normalized spacial score (nSPS) is 17.5. The molecule has 132 valence electrons. The molecule has 0 bridgehead atoms. The molecule has 0 atom stereocenters. The molecule has 2 aliphatic heterocycles. The molecular weight excluding hydrogens is 442 g/mol. The van der Waals surface area contributed by atoms with E-state index < -0.39 is 0 Å². The van der Waals surface area contributed by atoms with Crippen molar-refractivity contribution in [2.75, 3.05) is 6.79 Å². The molecule has 1 fully saturated rings. The van der Waals surface area contributed by atoms with Gasteiger partial charge >= 0.3 is 0 Å². The summed E-state index contributed by atoms with van der Waals surface area (Å²) in [6, 6.07) is 10.8. The summed E-state index contributed by atoms with van der Waals surface area (Å²) >= 11 is 10.6. The Morgan fingerprint density at radius 2 is 1.96 bits per heavy atom. The second kappa shape index (κ2) is 6.98. The number of ether oxygens (including phenoxy) is 2. The van der Waals surface area contributed by atoms with Crippen LogP contribution in [0, 0.1) is 0 Å². The van der Waals surface area contributed by atoms with E-state index in [1.807, 2.05) is 24.3 Å². The maximum atomic E-state index is 12.7. The predicted octanol–water partition coefficient (Wildman–Crippen LogP) is 5.07. The minimum atomic E-state index is -0.339. The first-order chi connectivity index (χ1) is 12.5. The number of carbonyl (C=O) groups is 2. The number of thioether (sulfide) groups is 1. The maximum Gasteiger partial charge on any atom is 0.293 e. The van der Waals surface area contributed by atoms with Crippen LogP contribution < -0.4 is 9.47 Å². The highest BCUT2D eigenvalue weighted by molar-refractivity contribution is 9.10. The van der Waals surface area contributed by atoms with Gasteiger partial charge in [-0.15, -0.1) is 0 Å². The van der Waals surface area contributed by atoms with Crippen LogP contribution in [0.25, 0.3) is 6.08 Å². The van der Waals surface area contributed by atoms with Crippen molar-refractivity contribution in [1.29, 1.82) is 0 Å². The molecule has 0 spiro atoms. The Morgan fingerprint density at radius 3 is 2.73 bits per heavy atom. The van der Waals surface area contributed by atoms with Crippen LogP contribution in [0.5, 0.6) is 11.5 Å². The van der Waals surface area contributed by atoms with Gasteiger partial charge < -0.3 is 9.47 Å². The number of carbonyl (C=O) groups excluding carboxylic acids is 2. The number of hydrogen-bond acceptors (Lipinski definition) is 5. The third-order valence-corrected chi connectivity index (χ3v) is 5.64. The van der Waals surface area contributed by atoms with Gasteiger partial charge in [0.05, 0.1) is 11.4 Å². The molecule has 4 rings (SSSR count). The number of rotatable bonds is 3. The van der Waals surface area contributed by atoms with Crippen molar-refractivity contribution in [3.05, 3.63) is 61.9 Å². The molecular formula is C18H11BrClNO4S.